The van der Waals surface area contributed by atoms with Gasteiger partial charge in [-0.2, -0.15) is 0 Å². The number of halogens is 1. The Bertz CT molecular complexity index is 468. The fourth-order valence-corrected chi connectivity index (χ4v) is 2.69. The van der Waals surface area contributed by atoms with Gasteiger partial charge in [0, 0.05) is 12.6 Å². The van der Waals surface area contributed by atoms with Gasteiger partial charge in [0.15, 0.2) is 5.69 Å². The predicted octanol–water partition coefficient (Wildman–Crippen LogP) is 2.13. The maximum atomic E-state index is 12.6. The minimum absolute atomic E-state index is 0. The molecule has 1 aromatic heterocycles. The summed E-state index contributed by atoms with van der Waals surface area (Å²) < 4.78 is 1.86. The first-order valence-electron chi connectivity index (χ1n) is 7.92. The van der Waals surface area contributed by atoms with E-state index in [1.165, 1.54) is 0 Å². The Morgan fingerprint density at radius 2 is 2.00 bits per heavy atom. The molecule has 1 aliphatic rings. The fraction of sp³-hybridized carbons (Fsp3) is 0.800. The van der Waals surface area contributed by atoms with Crippen LogP contribution in [0.5, 0.6) is 0 Å². The van der Waals surface area contributed by atoms with Gasteiger partial charge < -0.3 is 10.2 Å². The third kappa shape index (κ3) is 4.68. The zero-order valence-corrected chi connectivity index (χ0v) is 14.8. The van der Waals surface area contributed by atoms with Crippen LogP contribution in [0.1, 0.15) is 57.1 Å². The molecule has 0 bridgehead atoms. The largest absolute Gasteiger partial charge is 0.335 e. The van der Waals surface area contributed by atoms with E-state index < -0.39 is 0 Å². The van der Waals surface area contributed by atoms with Crippen LogP contribution >= 0.6 is 12.4 Å². The second-order valence-corrected chi connectivity index (χ2v) is 6.51. The first-order valence-corrected chi connectivity index (χ1v) is 7.92. The minimum atomic E-state index is -0.0149. The SMILES string of the molecule is CC(C)CN(C(=O)c1cn(C2CCNCC2)nn1)C(C)C.Cl. The molecule has 2 rings (SSSR count). The topological polar surface area (TPSA) is 63.1 Å². The van der Waals surface area contributed by atoms with Gasteiger partial charge in [-0.05, 0) is 45.7 Å². The lowest BCUT2D eigenvalue weighted by Gasteiger charge is -2.27. The summed E-state index contributed by atoms with van der Waals surface area (Å²) in [5.41, 5.74) is 0.461. The van der Waals surface area contributed by atoms with Gasteiger partial charge in [0.25, 0.3) is 5.91 Å². The van der Waals surface area contributed by atoms with E-state index in [1.807, 2.05) is 29.6 Å². The molecule has 1 N–H and O–H groups in total. The lowest BCUT2D eigenvalue weighted by atomic mass is 10.1. The quantitative estimate of drug-likeness (QED) is 0.899. The van der Waals surface area contributed by atoms with Crippen molar-refractivity contribution in [3.63, 3.8) is 0 Å². The molecule has 1 aliphatic heterocycles. The molecule has 0 spiro atoms. The number of nitrogens with one attached hydrogen (secondary N) is 1. The first kappa shape index (κ1) is 18.9. The van der Waals surface area contributed by atoms with Gasteiger partial charge in [-0.3, -0.25) is 4.79 Å². The van der Waals surface area contributed by atoms with Crippen molar-refractivity contribution in [1.82, 2.24) is 25.2 Å². The van der Waals surface area contributed by atoms with Crippen molar-refractivity contribution in [2.75, 3.05) is 19.6 Å². The maximum absolute atomic E-state index is 12.6. The van der Waals surface area contributed by atoms with E-state index in [-0.39, 0.29) is 24.4 Å². The van der Waals surface area contributed by atoms with Gasteiger partial charge in [-0.15, -0.1) is 17.5 Å². The molecule has 6 nitrogen and oxygen atoms in total. The van der Waals surface area contributed by atoms with Crippen LogP contribution in [0.15, 0.2) is 6.20 Å². The van der Waals surface area contributed by atoms with Crippen LogP contribution in [-0.2, 0) is 0 Å². The van der Waals surface area contributed by atoms with E-state index in [9.17, 15) is 4.79 Å². The smallest absolute Gasteiger partial charge is 0.276 e. The highest BCUT2D eigenvalue weighted by Gasteiger charge is 2.24. The summed E-state index contributed by atoms with van der Waals surface area (Å²) >= 11 is 0. The fourth-order valence-electron chi connectivity index (χ4n) is 2.69. The van der Waals surface area contributed by atoms with Crippen molar-refractivity contribution < 1.29 is 4.79 Å². The Balaban J connectivity index is 0.00000242. The molecule has 0 aromatic carbocycles. The van der Waals surface area contributed by atoms with Gasteiger partial charge in [0.1, 0.15) is 0 Å². The molecule has 1 saturated heterocycles. The molecular formula is C15H28ClN5O. The number of hydrogen-bond donors (Lipinski definition) is 1. The molecule has 1 aromatic rings. The molecule has 126 valence electrons. The molecule has 0 saturated carbocycles. The normalized spacial score (nSPS) is 15.9. The number of hydrogen-bond acceptors (Lipinski definition) is 4. The summed E-state index contributed by atoms with van der Waals surface area (Å²) in [4.78, 5) is 14.5. The Morgan fingerprint density at radius 1 is 1.36 bits per heavy atom. The highest BCUT2D eigenvalue weighted by molar-refractivity contribution is 5.92. The third-order valence-electron chi connectivity index (χ3n) is 3.86. The van der Waals surface area contributed by atoms with Crippen molar-refractivity contribution in [1.29, 1.82) is 0 Å². The summed E-state index contributed by atoms with van der Waals surface area (Å²) in [7, 11) is 0. The Hall–Kier alpha value is -1.14. The Morgan fingerprint density at radius 3 is 2.55 bits per heavy atom. The van der Waals surface area contributed by atoms with Gasteiger partial charge in [0.2, 0.25) is 0 Å². The molecular weight excluding hydrogens is 302 g/mol. The molecule has 1 amide bonds. The average molecular weight is 330 g/mol. The van der Waals surface area contributed by atoms with Crippen LogP contribution < -0.4 is 5.32 Å². The summed E-state index contributed by atoms with van der Waals surface area (Å²) in [5.74, 6) is 0.426. The summed E-state index contributed by atoms with van der Waals surface area (Å²) in [6.45, 7) is 11.1. The number of rotatable bonds is 5. The van der Waals surface area contributed by atoms with Gasteiger partial charge in [-0.25, -0.2) is 4.68 Å². The molecule has 7 heteroatoms. The van der Waals surface area contributed by atoms with Gasteiger partial charge in [-0.1, -0.05) is 19.1 Å². The van der Waals surface area contributed by atoms with Crippen LogP contribution in [0.25, 0.3) is 0 Å². The number of nitrogens with zero attached hydrogens (tertiary/aromatic N) is 4. The van der Waals surface area contributed by atoms with Gasteiger partial charge >= 0.3 is 0 Å². The summed E-state index contributed by atoms with van der Waals surface area (Å²) in [6, 6.07) is 0.529. The highest BCUT2D eigenvalue weighted by Crippen LogP contribution is 2.18. The number of carbonyl (C=O) groups is 1. The predicted molar refractivity (Wildman–Crippen MR) is 89.4 cm³/mol. The first-order chi connectivity index (χ1) is 9.99. The highest BCUT2D eigenvalue weighted by atomic mass is 35.5. The standard InChI is InChI=1S/C15H27N5O.ClH/c1-11(2)9-19(12(3)4)15(21)14-10-20(18-17-14)13-5-7-16-8-6-13;/h10-13,16H,5-9H2,1-4H3;1H. The van der Waals surface area contributed by atoms with Crippen LogP contribution in [0.3, 0.4) is 0 Å². The molecule has 0 unspecified atom stereocenters. The lowest BCUT2D eigenvalue weighted by Crippen LogP contribution is -2.39. The molecule has 0 atom stereocenters. The maximum Gasteiger partial charge on any atom is 0.276 e. The number of aromatic nitrogens is 3. The second kappa shape index (κ2) is 8.48. The second-order valence-electron chi connectivity index (χ2n) is 6.51. The molecule has 0 radical (unpaired) electrons. The Kier molecular flexibility index (Phi) is 7.29. The Labute approximate surface area is 139 Å². The van der Waals surface area contributed by atoms with E-state index in [2.05, 4.69) is 29.5 Å². The lowest BCUT2D eigenvalue weighted by molar-refractivity contribution is 0.0675. The van der Waals surface area contributed by atoms with E-state index in [4.69, 9.17) is 0 Å². The van der Waals surface area contributed by atoms with E-state index in [1.54, 1.807) is 0 Å². The van der Waals surface area contributed by atoms with Crippen LogP contribution in [0, 0.1) is 5.92 Å². The molecule has 1 fully saturated rings. The summed E-state index contributed by atoms with van der Waals surface area (Å²) in [6.07, 6.45) is 3.89. The number of carbonyl (C=O) groups excluding carboxylic acids is 1. The molecule has 0 aliphatic carbocycles. The van der Waals surface area contributed by atoms with Crippen molar-refractivity contribution in [3.05, 3.63) is 11.9 Å². The zero-order valence-electron chi connectivity index (χ0n) is 14.0. The van der Waals surface area contributed by atoms with Crippen molar-refractivity contribution in [2.45, 2.75) is 52.6 Å². The van der Waals surface area contributed by atoms with E-state index in [0.29, 0.717) is 17.7 Å². The van der Waals surface area contributed by atoms with Crippen molar-refractivity contribution in [3.8, 4) is 0 Å². The van der Waals surface area contributed by atoms with E-state index in [0.717, 1.165) is 32.5 Å². The number of amides is 1. The van der Waals surface area contributed by atoms with Crippen molar-refractivity contribution in [2.24, 2.45) is 5.92 Å². The van der Waals surface area contributed by atoms with Crippen LogP contribution in [-0.4, -0.2) is 51.5 Å². The van der Waals surface area contributed by atoms with E-state index >= 15 is 0 Å². The zero-order chi connectivity index (χ0) is 15.4. The third-order valence-corrected chi connectivity index (χ3v) is 3.86. The van der Waals surface area contributed by atoms with Crippen molar-refractivity contribution >= 4 is 18.3 Å². The average Bonchev–Trinajstić information content (AvgIpc) is 2.94. The molecule has 22 heavy (non-hydrogen) atoms. The monoisotopic (exact) mass is 329 g/mol. The minimum Gasteiger partial charge on any atom is -0.335 e. The van der Waals surface area contributed by atoms with Gasteiger partial charge in [0.05, 0.1) is 12.2 Å². The number of piperidine rings is 1. The van der Waals surface area contributed by atoms with Crippen LogP contribution in [0.2, 0.25) is 0 Å². The summed E-state index contributed by atoms with van der Waals surface area (Å²) in [5, 5.41) is 11.6. The van der Waals surface area contributed by atoms with Crippen LogP contribution in [0.4, 0.5) is 0 Å². The molecule has 2 heterocycles.